The number of rotatable bonds is 6. The number of hydrogen-bond donors (Lipinski definition) is 1. The summed E-state index contributed by atoms with van der Waals surface area (Å²) in [5.41, 5.74) is 1.40. The van der Waals surface area contributed by atoms with Crippen LogP contribution < -0.4 is 9.47 Å². The fourth-order valence-corrected chi connectivity index (χ4v) is 4.88. The van der Waals surface area contributed by atoms with Crippen LogP contribution in [0.15, 0.2) is 18.2 Å². The minimum Gasteiger partial charge on any atom is -0.493 e. The van der Waals surface area contributed by atoms with Gasteiger partial charge in [-0.1, -0.05) is 25.3 Å². The Kier molecular flexibility index (Phi) is 5.58. The van der Waals surface area contributed by atoms with Gasteiger partial charge in [0.05, 0.1) is 19.6 Å². The first-order valence-corrected chi connectivity index (χ1v) is 10.5. The van der Waals surface area contributed by atoms with E-state index in [1.54, 1.807) is 0 Å². The molecule has 0 bridgehead atoms. The summed E-state index contributed by atoms with van der Waals surface area (Å²) in [4.78, 5) is 13.0. The molecule has 5 heteroatoms. The predicted molar refractivity (Wildman–Crippen MR) is 104 cm³/mol. The van der Waals surface area contributed by atoms with Crippen LogP contribution in [0.1, 0.15) is 56.9 Å². The Hall–Kier alpha value is -1.75. The lowest BCUT2D eigenvalue weighted by atomic mass is 9.74. The van der Waals surface area contributed by atoms with E-state index < -0.39 is 5.97 Å². The summed E-state index contributed by atoms with van der Waals surface area (Å²) < 4.78 is 12.1. The molecule has 3 aliphatic rings. The van der Waals surface area contributed by atoms with Crippen LogP contribution in [0.25, 0.3) is 0 Å². The summed E-state index contributed by atoms with van der Waals surface area (Å²) in [6, 6.07) is 6.38. The van der Waals surface area contributed by atoms with Crippen LogP contribution in [0.2, 0.25) is 0 Å². The van der Waals surface area contributed by atoms with Crippen molar-refractivity contribution in [1.82, 2.24) is 4.90 Å². The summed E-state index contributed by atoms with van der Waals surface area (Å²) in [7, 11) is 0. The average molecular weight is 373 g/mol. The van der Waals surface area contributed by atoms with E-state index in [4.69, 9.17) is 14.6 Å². The molecule has 2 aliphatic heterocycles. The highest BCUT2D eigenvalue weighted by Crippen LogP contribution is 2.46. The number of aliphatic carboxylic acids is 1. The second-order valence-electron chi connectivity index (χ2n) is 8.53. The van der Waals surface area contributed by atoms with Crippen LogP contribution in [-0.2, 0) is 10.2 Å². The number of nitrogens with zero attached hydrogens (tertiary/aromatic N) is 1. The second-order valence-corrected chi connectivity index (χ2v) is 8.53. The van der Waals surface area contributed by atoms with E-state index in [0.29, 0.717) is 12.5 Å². The smallest absolute Gasteiger partial charge is 0.304 e. The molecule has 0 amide bonds. The number of carboxylic acid groups (broad SMARTS) is 1. The minimum atomic E-state index is -0.717. The van der Waals surface area contributed by atoms with Crippen molar-refractivity contribution in [2.45, 2.75) is 56.8 Å². The van der Waals surface area contributed by atoms with Gasteiger partial charge in [0, 0.05) is 23.6 Å². The number of carbonyl (C=O) groups is 1. The van der Waals surface area contributed by atoms with E-state index in [-0.39, 0.29) is 11.8 Å². The van der Waals surface area contributed by atoms with Crippen molar-refractivity contribution in [1.29, 1.82) is 0 Å². The zero-order chi connectivity index (χ0) is 18.7. The van der Waals surface area contributed by atoms with Crippen LogP contribution in [-0.4, -0.2) is 48.8 Å². The van der Waals surface area contributed by atoms with E-state index in [1.165, 1.54) is 37.7 Å². The molecule has 2 heterocycles. The molecule has 0 atom stereocenters. The van der Waals surface area contributed by atoms with Crippen LogP contribution in [0.5, 0.6) is 11.5 Å². The van der Waals surface area contributed by atoms with E-state index in [2.05, 4.69) is 23.1 Å². The lowest BCUT2D eigenvalue weighted by molar-refractivity contribution is -0.137. The fourth-order valence-electron chi connectivity index (χ4n) is 4.88. The Morgan fingerprint density at radius 3 is 2.74 bits per heavy atom. The molecule has 1 spiro atoms. The topological polar surface area (TPSA) is 59.0 Å². The van der Waals surface area contributed by atoms with Gasteiger partial charge in [-0.2, -0.15) is 0 Å². The summed E-state index contributed by atoms with van der Waals surface area (Å²) >= 11 is 0. The van der Waals surface area contributed by atoms with E-state index in [1.807, 2.05) is 0 Å². The van der Waals surface area contributed by atoms with Crippen molar-refractivity contribution >= 4 is 5.97 Å². The molecule has 1 aromatic carbocycles. The highest BCUT2D eigenvalue weighted by molar-refractivity contribution is 5.66. The van der Waals surface area contributed by atoms with Crippen LogP contribution in [0, 0.1) is 5.92 Å². The highest BCUT2D eigenvalue weighted by Gasteiger charge is 2.43. The Morgan fingerprint density at radius 1 is 1.22 bits per heavy atom. The van der Waals surface area contributed by atoms with Gasteiger partial charge in [0.15, 0.2) is 0 Å². The van der Waals surface area contributed by atoms with E-state index >= 15 is 0 Å². The first-order chi connectivity index (χ1) is 13.1. The van der Waals surface area contributed by atoms with Gasteiger partial charge in [-0.05, 0) is 50.8 Å². The number of hydrogen-bond acceptors (Lipinski definition) is 4. The van der Waals surface area contributed by atoms with Crippen LogP contribution in [0.3, 0.4) is 0 Å². The van der Waals surface area contributed by atoms with Crippen molar-refractivity contribution in [2.24, 2.45) is 5.92 Å². The minimum absolute atomic E-state index is 0.0942. The molecule has 1 saturated carbocycles. The predicted octanol–water partition coefficient (Wildman–Crippen LogP) is 3.85. The summed E-state index contributed by atoms with van der Waals surface area (Å²) in [6.07, 6.45) is 8.93. The number of fused-ring (bicyclic) bond motifs is 2. The van der Waals surface area contributed by atoms with Crippen molar-refractivity contribution in [3.8, 4) is 11.5 Å². The highest BCUT2D eigenvalue weighted by atomic mass is 16.5. The second kappa shape index (κ2) is 8.09. The Bertz CT molecular complexity index is 660. The van der Waals surface area contributed by atoms with Crippen LogP contribution in [0.4, 0.5) is 0 Å². The molecule has 148 valence electrons. The monoisotopic (exact) mass is 373 g/mol. The molecule has 1 saturated heterocycles. The van der Waals surface area contributed by atoms with Gasteiger partial charge in [0.1, 0.15) is 11.5 Å². The molecule has 1 aromatic rings. The Morgan fingerprint density at radius 2 is 2.00 bits per heavy atom. The van der Waals surface area contributed by atoms with Crippen molar-refractivity contribution in [2.75, 3.05) is 32.8 Å². The van der Waals surface area contributed by atoms with Crippen molar-refractivity contribution in [3.05, 3.63) is 23.8 Å². The fraction of sp³-hybridized carbons (Fsp3) is 0.682. The lowest BCUT2D eigenvalue weighted by Gasteiger charge is -2.38. The summed E-state index contributed by atoms with van der Waals surface area (Å²) in [5, 5.41) is 8.87. The normalized spacial score (nSPS) is 22.4. The first-order valence-electron chi connectivity index (χ1n) is 10.5. The van der Waals surface area contributed by atoms with Gasteiger partial charge >= 0.3 is 5.97 Å². The molecule has 0 unspecified atom stereocenters. The molecule has 4 rings (SSSR count). The number of likely N-dealkylation sites (tertiary alicyclic amines) is 1. The quantitative estimate of drug-likeness (QED) is 0.821. The first kappa shape index (κ1) is 18.6. The molecular formula is C22H31NO4. The molecule has 0 aromatic heterocycles. The summed E-state index contributed by atoms with van der Waals surface area (Å²) in [6.45, 7) is 4.09. The maximum atomic E-state index is 10.8. The molecule has 1 aliphatic carbocycles. The zero-order valence-electron chi connectivity index (χ0n) is 16.1. The number of ether oxygens (including phenoxy) is 2. The SMILES string of the molecule is O=C(O)CCN1CCC2(CC1)COc1cc(OCC3CCCCC3)ccc12. The van der Waals surface area contributed by atoms with Gasteiger partial charge in [-0.25, -0.2) is 0 Å². The standard InChI is InChI=1S/C22H31NO4/c24-21(25)8-11-23-12-9-22(10-13-23)16-27-20-14-18(6-7-19(20)22)26-15-17-4-2-1-3-5-17/h6-7,14,17H,1-5,8-13,15-16H2,(H,24,25). The van der Waals surface area contributed by atoms with Gasteiger partial charge < -0.3 is 19.5 Å². The third-order valence-corrected chi connectivity index (χ3v) is 6.69. The lowest BCUT2D eigenvalue weighted by Crippen LogP contribution is -2.44. The molecule has 2 fully saturated rings. The van der Waals surface area contributed by atoms with Crippen molar-refractivity contribution in [3.63, 3.8) is 0 Å². The zero-order valence-corrected chi connectivity index (χ0v) is 16.1. The van der Waals surface area contributed by atoms with Gasteiger partial charge in [0.2, 0.25) is 0 Å². The van der Waals surface area contributed by atoms with Gasteiger partial charge in [-0.3, -0.25) is 4.79 Å². The number of piperidine rings is 1. The maximum Gasteiger partial charge on any atom is 0.304 e. The average Bonchev–Trinajstić information content (AvgIpc) is 3.04. The molecule has 5 nitrogen and oxygen atoms in total. The largest absolute Gasteiger partial charge is 0.493 e. The van der Waals surface area contributed by atoms with E-state index in [9.17, 15) is 4.79 Å². The molecule has 0 radical (unpaired) electrons. The Labute approximate surface area is 161 Å². The number of carboxylic acids is 1. The van der Waals surface area contributed by atoms with E-state index in [0.717, 1.165) is 50.6 Å². The summed E-state index contributed by atoms with van der Waals surface area (Å²) in [5.74, 6) is 1.89. The molecule has 27 heavy (non-hydrogen) atoms. The van der Waals surface area contributed by atoms with Crippen LogP contribution >= 0.6 is 0 Å². The maximum absolute atomic E-state index is 10.8. The van der Waals surface area contributed by atoms with Gasteiger partial charge in [-0.15, -0.1) is 0 Å². The molecule has 1 N–H and O–H groups in total. The Balaban J connectivity index is 1.35. The number of benzene rings is 1. The molecular weight excluding hydrogens is 342 g/mol. The third-order valence-electron chi connectivity index (χ3n) is 6.69. The van der Waals surface area contributed by atoms with Gasteiger partial charge in [0.25, 0.3) is 0 Å². The van der Waals surface area contributed by atoms with Crippen molar-refractivity contribution < 1.29 is 19.4 Å². The third kappa shape index (κ3) is 4.23.